The molecule has 0 unspecified atom stereocenters. The summed E-state index contributed by atoms with van der Waals surface area (Å²) in [5.74, 6) is 0.0209. The molecule has 2 aromatic heterocycles. The van der Waals surface area contributed by atoms with Crippen molar-refractivity contribution in [2.24, 2.45) is 0 Å². The maximum Gasteiger partial charge on any atom is 0.244 e. The van der Waals surface area contributed by atoms with Crippen LogP contribution >= 0.6 is 15.9 Å². The van der Waals surface area contributed by atoms with Gasteiger partial charge in [-0.3, -0.25) is 14.2 Å². The van der Waals surface area contributed by atoms with Crippen LogP contribution in [0.4, 0.5) is 0 Å². The lowest BCUT2D eigenvalue weighted by Crippen LogP contribution is -2.31. The van der Waals surface area contributed by atoms with Crippen LogP contribution in [0.2, 0.25) is 0 Å². The van der Waals surface area contributed by atoms with E-state index in [1.807, 2.05) is 24.6 Å². The van der Waals surface area contributed by atoms with Crippen LogP contribution in [-0.2, 0) is 24.4 Å². The van der Waals surface area contributed by atoms with E-state index in [-0.39, 0.29) is 12.5 Å². The van der Waals surface area contributed by atoms with E-state index in [0.29, 0.717) is 6.54 Å². The van der Waals surface area contributed by atoms with Crippen LogP contribution in [-0.4, -0.2) is 37.4 Å². The summed E-state index contributed by atoms with van der Waals surface area (Å²) < 4.78 is 4.51. The number of hydrogen-bond donors (Lipinski definition) is 0. The van der Waals surface area contributed by atoms with Gasteiger partial charge in [-0.25, -0.2) is 0 Å². The molecule has 0 aromatic carbocycles. The third-order valence-corrected chi connectivity index (χ3v) is 3.89. The van der Waals surface area contributed by atoms with Crippen molar-refractivity contribution in [2.75, 3.05) is 7.05 Å². The number of carbonyl (C=O) groups is 1. The summed E-state index contributed by atoms with van der Waals surface area (Å²) in [5, 5.41) is 8.38. The fourth-order valence-corrected chi connectivity index (χ4v) is 2.37. The van der Waals surface area contributed by atoms with E-state index in [9.17, 15) is 4.79 Å². The van der Waals surface area contributed by atoms with Crippen LogP contribution in [0.1, 0.15) is 18.3 Å². The van der Waals surface area contributed by atoms with Gasteiger partial charge in [-0.1, -0.05) is 0 Å². The Balaban J connectivity index is 2.04. The number of hydrogen-bond acceptors (Lipinski definition) is 3. The monoisotopic (exact) mass is 339 g/mol. The zero-order valence-corrected chi connectivity index (χ0v) is 13.5. The molecule has 2 heterocycles. The van der Waals surface area contributed by atoms with Crippen LogP contribution < -0.4 is 0 Å². The molecule has 0 spiro atoms. The molecule has 6 nitrogen and oxygen atoms in total. The molecule has 7 heteroatoms. The Kier molecular flexibility index (Phi) is 4.59. The van der Waals surface area contributed by atoms with E-state index in [0.717, 1.165) is 22.4 Å². The average Bonchev–Trinajstić information content (AvgIpc) is 2.97. The highest BCUT2D eigenvalue weighted by atomic mass is 79.9. The Labute approximate surface area is 126 Å². The Morgan fingerprint density at radius 1 is 1.40 bits per heavy atom. The summed E-state index contributed by atoms with van der Waals surface area (Å²) in [4.78, 5) is 13.9. The zero-order valence-electron chi connectivity index (χ0n) is 11.9. The third kappa shape index (κ3) is 3.09. The number of halogens is 1. The molecule has 0 fully saturated rings. The first-order chi connectivity index (χ1) is 9.52. The second-order valence-corrected chi connectivity index (χ2v) is 5.49. The van der Waals surface area contributed by atoms with Gasteiger partial charge in [0.15, 0.2) is 0 Å². The lowest BCUT2D eigenvalue weighted by molar-refractivity contribution is -0.131. The highest BCUT2D eigenvalue weighted by molar-refractivity contribution is 9.10. The molecule has 108 valence electrons. The number of aromatic nitrogens is 4. The van der Waals surface area contributed by atoms with Gasteiger partial charge in [0.05, 0.1) is 22.9 Å². The minimum absolute atomic E-state index is 0.0209. The van der Waals surface area contributed by atoms with Crippen molar-refractivity contribution in [1.82, 2.24) is 24.5 Å². The van der Waals surface area contributed by atoms with Gasteiger partial charge in [-0.15, -0.1) is 0 Å². The smallest absolute Gasteiger partial charge is 0.244 e. The third-order valence-electron chi connectivity index (χ3n) is 3.22. The summed E-state index contributed by atoms with van der Waals surface area (Å²) in [7, 11) is 1.79. The molecular weight excluding hydrogens is 322 g/mol. The minimum Gasteiger partial charge on any atom is -0.338 e. The van der Waals surface area contributed by atoms with E-state index in [4.69, 9.17) is 0 Å². The van der Waals surface area contributed by atoms with Crippen molar-refractivity contribution in [1.29, 1.82) is 0 Å². The number of carbonyl (C=O) groups excluding carboxylic acids is 1. The van der Waals surface area contributed by atoms with Crippen molar-refractivity contribution in [3.63, 3.8) is 0 Å². The molecule has 0 bridgehead atoms. The Hall–Kier alpha value is -1.63. The molecule has 0 aliphatic carbocycles. The van der Waals surface area contributed by atoms with Gasteiger partial charge < -0.3 is 4.90 Å². The lowest BCUT2D eigenvalue weighted by atomic mass is 10.3. The molecule has 0 radical (unpaired) electrons. The standard InChI is InChI=1S/C13H18BrN5O/c1-4-18-12(11(14)7-16-18)8-17(3)13(20)9-19-10(2)5-6-15-19/h5-7H,4,8-9H2,1-3H3. The first-order valence-corrected chi connectivity index (χ1v) is 7.24. The second-order valence-electron chi connectivity index (χ2n) is 4.64. The minimum atomic E-state index is 0.0209. The number of likely N-dealkylation sites (N-methyl/N-ethyl adjacent to an activating group) is 1. The van der Waals surface area contributed by atoms with Crippen molar-refractivity contribution in [2.45, 2.75) is 33.5 Å². The van der Waals surface area contributed by atoms with Crippen LogP contribution in [0.5, 0.6) is 0 Å². The molecule has 2 rings (SSSR count). The van der Waals surface area contributed by atoms with Crippen molar-refractivity contribution >= 4 is 21.8 Å². The first-order valence-electron chi connectivity index (χ1n) is 6.45. The Morgan fingerprint density at radius 2 is 2.15 bits per heavy atom. The normalized spacial score (nSPS) is 10.8. The Morgan fingerprint density at radius 3 is 2.75 bits per heavy atom. The fourth-order valence-electron chi connectivity index (χ4n) is 1.94. The predicted molar refractivity (Wildman–Crippen MR) is 79.0 cm³/mol. The quantitative estimate of drug-likeness (QED) is 0.834. The van der Waals surface area contributed by atoms with Gasteiger partial charge in [0.2, 0.25) is 5.91 Å². The molecule has 0 atom stereocenters. The predicted octanol–water partition coefficient (Wildman–Crippen LogP) is 1.83. The van der Waals surface area contributed by atoms with Crippen LogP contribution in [0.15, 0.2) is 22.9 Å². The van der Waals surface area contributed by atoms with Crippen molar-refractivity contribution < 1.29 is 4.79 Å². The van der Waals surface area contributed by atoms with E-state index >= 15 is 0 Å². The fraction of sp³-hybridized carbons (Fsp3) is 0.462. The second kappa shape index (κ2) is 6.21. The average molecular weight is 340 g/mol. The highest BCUT2D eigenvalue weighted by Crippen LogP contribution is 2.17. The van der Waals surface area contributed by atoms with E-state index in [1.165, 1.54) is 0 Å². The molecule has 20 heavy (non-hydrogen) atoms. The highest BCUT2D eigenvalue weighted by Gasteiger charge is 2.15. The molecule has 1 amide bonds. The number of rotatable bonds is 5. The number of aryl methyl sites for hydroxylation is 2. The summed E-state index contributed by atoms with van der Waals surface area (Å²) >= 11 is 3.47. The maximum absolute atomic E-state index is 12.2. The topological polar surface area (TPSA) is 56.0 Å². The van der Waals surface area contributed by atoms with Crippen LogP contribution in [0.3, 0.4) is 0 Å². The van der Waals surface area contributed by atoms with Crippen LogP contribution in [0.25, 0.3) is 0 Å². The lowest BCUT2D eigenvalue weighted by Gasteiger charge is -2.18. The number of amides is 1. The summed E-state index contributed by atoms with van der Waals surface area (Å²) in [6.07, 6.45) is 3.46. The molecule has 0 aliphatic rings. The summed E-state index contributed by atoms with van der Waals surface area (Å²) in [6.45, 7) is 5.52. The molecule has 0 saturated carbocycles. The summed E-state index contributed by atoms with van der Waals surface area (Å²) in [6, 6.07) is 1.88. The van der Waals surface area contributed by atoms with Gasteiger partial charge in [0, 0.05) is 25.5 Å². The van der Waals surface area contributed by atoms with E-state index in [1.54, 1.807) is 29.0 Å². The van der Waals surface area contributed by atoms with E-state index < -0.39 is 0 Å². The van der Waals surface area contributed by atoms with Crippen molar-refractivity contribution in [3.05, 3.63) is 34.3 Å². The maximum atomic E-state index is 12.2. The molecule has 0 saturated heterocycles. The zero-order chi connectivity index (χ0) is 14.7. The van der Waals surface area contributed by atoms with E-state index in [2.05, 4.69) is 26.1 Å². The largest absolute Gasteiger partial charge is 0.338 e. The molecule has 0 N–H and O–H groups in total. The van der Waals surface area contributed by atoms with Gasteiger partial charge in [-0.2, -0.15) is 10.2 Å². The van der Waals surface area contributed by atoms with Crippen LogP contribution in [0, 0.1) is 6.92 Å². The molecular formula is C13H18BrN5O. The Bertz CT molecular complexity index is 604. The van der Waals surface area contributed by atoms with Gasteiger partial charge >= 0.3 is 0 Å². The SMILES string of the molecule is CCn1ncc(Br)c1CN(C)C(=O)Cn1nccc1C. The molecule has 0 aliphatic heterocycles. The van der Waals surface area contributed by atoms with Crippen molar-refractivity contribution in [3.8, 4) is 0 Å². The number of nitrogens with zero attached hydrogens (tertiary/aromatic N) is 5. The van der Waals surface area contributed by atoms with Gasteiger partial charge in [-0.05, 0) is 35.8 Å². The summed E-state index contributed by atoms with van der Waals surface area (Å²) in [5.41, 5.74) is 1.98. The van der Waals surface area contributed by atoms with Gasteiger partial charge in [0.25, 0.3) is 0 Å². The van der Waals surface area contributed by atoms with Gasteiger partial charge in [0.1, 0.15) is 6.54 Å². The molecule has 2 aromatic rings. The first kappa shape index (κ1) is 14.8.